The Kier molecular flexibility index (Phi) is 5.71. The van der Waals surface area contributed by atoms with Crippen molar-refractivity contribution in [2.24, 2.45) is 0 Å². The van der Waals surface area contributed by atoms with Crippen LogP contribution in [0.15, 0.2) is 47.4 Å². The number of sulfonamides is 1. The number of carbonyl (C=O) groups excluding carboxylic acids is 1. The Balaban J connectivity index is 1.64. The number of hydrogen-bond donors (Lipinski definition) is 1. The third kappa shape index (κ3) is 4.61. The second-order valence-electron chi connectivity index (χ2n) is 6.05. The number of carbonyl (C=O) groups is 1. The average Bonchev–Trinajstić information content (AvgIpc) is 3.17. The third-order valence-corrected chi connectivity index (χ3v) is 5.97. The van der Waals surface area contributed by atoms with Crippen molar-refractivity contribution >= 4 is 21.6 Å². The fourth-order valence-corrected chi connectivity index (χ4v) is 4.31. The van der Waals surface area contributed by atoms with Gasteiger partial charge in [0.25, 0.3) is 5.91 Å². The number of rotatable bonds is 6. The molecule has 6 nitrogen and oxygen atoms in total. The normalized spacial score (nSPS) is 14.9. The Bertz CT molecular complexity index is 944. The maximum atomic E-state index is 13.5. The zero-order chi connectivity index (χ0) is 19.4. The summed E-state index contributed by atoms with van der Waals surface area (Å²) < 4.78 is 57.9. The molecule has 9 heteroatoms. The minimum Gasteiger partial charge on any atom is -0.481 e. The molecule has 0 bridgehead atoms. The lowest BCUT2D eigenvalue weighted by molar-refractivity contribution is -0.118. The van der Waals surface area contributed by atoms with Crippen LogP contribution < -0.4 is 10.1 Å². The quantitative estimate of drug-likeness (QED) is 0.815. The number of anilines is 1. The van der Waals surface area contributed by atoms with Gasteiger partial charge >= 0.3 is 0 Å². The van der Waals surface area contributed by atoms with Gasteiger partial charge in [-0.2, -0.15) is 4.31 Å². The van der Waals surface area contributed by atoms with Gasteiger partial charge in [-0.25, -0.2) is 17.2 Å². The number of nitrogens with one attached hydrogen (secondary N) is 1. The summed E-state index contributed by atoms with van der Waals surface area (Å²) in [6.07, 6.45) is 1.65. The lowest BCUT2D eigenvalue weighted by Crippen LogP contribution is -2.28. The van der Waals surface area contributed by atoms with Crippen molar-refractivity contribution in [2.45, 2.75) is 17.7 Å². The average molecular weight is 396 g/mol. The van der Waals surface area contributed by atoms with E-state index in [4.69, 9.17) is 4.74 Å². The van der Waals surface area contributed by atoms with Gasteiger partial charge in [-0.15, -0.1) is 0 Å². The molecule has 1 aliphatic rings. The molecule has 1 fully saturated rings. The molecular weight excluding hydrogens is 378 g/mol. The Morgan fingerprint density at radius 3 is 2.56 bits per heavy atom. The monoisotopic (exact) mass is 396 g/mol. The molecule has 0 spiro atoms. The number of halogens is 2. The molecule has 0 saturated carbocycles. The first-order valence-electron chi connectivity index (χ1n) is 8.34. The van der Waals surface area contributed by atoms with E-state index in [1.54, 1.807) is 6.07 Å². The summed E-state index contributed by atoms with van der Waals surface area (Å²) in [4.78, 5) is 12.1. The van der Waals surface area contributed by atoms with Crippen LogP contribution in [0.4, 0.5) is 14.5 Å². The van der Waals surface area contributed by atoms with Crippen LogP contribution in [0.25, 0.3) is 0 Å². The highest BCUT2D eigenvalue weighted by Crippen LogP contribution is 2.23. The van der Waals surface area contributed by atoms with Crippen LogP contribution in [-0.4, -0.2) is 38.3 Å². The first kappa shape index (κ1) is 19.2. The van der Waals surface area contributed by atoms with Crippen molar-refractivity contribution in [1.29, 1.82) is 0 Å². The van der Waals surface area contributed by atoms with E-state index in [1.807, 2.05) is 0 Å². The molecule has 0 unspecified atom stereocenters. The molecule has 27 heavy (non-hydrogen) atoms. The van der Waals surface area contributed by atoms with Crippen LogP contribution in [-0.2, 0) is 14.8 Å². The van der Waals surface area contributed by atoms with E-state index in [0.29, 0.717) is 19.2 Å². The molecule has 1 heterocycles. The Hall–Kier alpha value is -2.52. The lowest BCUT2D eigenvalue weighted by Gasteiger charge is -2.16. The van der Waals surface area contributed by atoms with Crippen LogP contribution in [0.2, 0.25) is 0 Å². The van der Waals surface area contributed by atoms with Gasteiger partial charge in [0.2, 0.25) is 10.0 Å². The SMILES string of the molecule is O=C(COc1ccc(F)cc1F)Nc1cccc(S(=O)(=O)N2CCCC2)c1. The van der Waals surface area contributed by atoms with Crippen LogP contribution in [0.5, 0.6) is 5.75 Å². The molecular formula is C18H18F2N2O4S. The standard InChI is InChI=1S/C18H18F2N2O4S/c19-13-6-7-17(16(20)10-13)26-12-18(23)21-14-4-3-5-15(11-14)27(24,25)22-8-1-2-9-22/h3-7,10-11H,1-2,8-9,12H2,(H,21,23). The fraction of sp³-hybridized carbons (Fsp3) is 0.278. The Morgan fingerprint density at radius 1 is 1.11 bits per heavy atom. The molecule has 3 rings (SSSR count). The Labute approximate surface area is 155 Å². The molecule has 144 valence electrons. The van der Waals surface area contributed by atoms with E-state index in [9.17, 15) is 22.0 Å². The predicted molar refractivity (Wildman–Crippen MR) is 94.9 cm³/mol. The van der Waals surface area contributed by atoms with Crippen molar-refractivity contribution in [2.75, 3.05) is 25.0 Å². The molecule has 0 radical (unpaired) electrons. The maximum Gasteiger partial charge on any atom is 0.262 e. The van der Waals surface area contributed by atoms with Crippen molar-refractivity contribution < 1.29 is 26.7 Å². The zero-order valence-electron chi connectivity index (χ0n) is 14.3. The predicted octanol–water partition coefficient (Wildman–Crippen LogP) is 2.77. The van der Waals surface area contributed by atoms with E-state index < -0.39 is 34.2 Å². The van der Waals surface area contributed by atoms with Crippen LogP contribution >= 0.6 is 0 Å². The van der Waals surface area contributed by atoms with Gasteiger partial charge in [-0.1, -0.05) is 6.07 Å². The zero-order valence-corrected chi connectivity index (χ0v) is 15.1. The first-order chi connectivity index (χ1) is 12.9. The van der Waals surface area contributed by atoms with Crippen molar-refractivity contribution in [3.05, 3.63) is 54.1 Å². The molecule has 2 aromatic rings. The summed E-state index contributed by atoms with van der Waals surface area (Å²) in [6, 6.07) is 8.65. The van der Waals surface area contributed by atoms with E-state index >= 15 is 0 Å². The van der Waals surface area contributed by atoms with Gasteiger partial charge < -0.3 is 10.1 Å². The molecule has 1 amide bonds. The number of hydrogen-bond acceptors (Lipinski definition) is 4. The van der Waals surface area contributed by atoms with Gasteiger partial charge in [0, 0.05) is 24.8 Å². The summed E-state index contributed by atoms with van der Waals surface area (Å²) in [6.45, 7) is 0.456. The van der Waals surface area contributed by atoms with Crippen molar-refractivity contribution in [1.82, 2.24) is 4.31 Å². The van der Waals surface area contributed by atoms with Gasteiger partial charge in [0.1, 0.15) is 5.82 Å². The van der Waals surface area contributed by atoms with Crippen LogP contribution in [0, 0.1) is 11.6 Å². The van der Waals surface area contributed by atoms with Gasteiger partial charge in [-0.3, -0.25) is 4.79 Å². The van der Waals surface area contributed by atoms with E-state index in [2.05, 4.69) is 5.32 Å². The molecule has 1 saturated heterocycles. The molecule has 0 atom stereocenters. The fourth-order valence-electron chi connectivity index (χ4n) is 2.74. The molecule has 0 aromatic heterocycles. The lowest BCUT2D eigenvalue weighted by atomic mass is 10.3. The summed E-state index contributed by atoms with van der Waals surface area (Å²) in [5.41, 5.74) is 0.281. The highest BCUT2D eigenvalue weighted by molar-refractivity contribution is 7.89. The number of amides is 1. The summed E-state index contributed by atoms with van der Waals surface area (Å²) >= 11 is 0. The molecule has 1 aliphatic heterocycles. The largest absolute Gasteiger partial charge is 0.481 e. The van der Waals surface area contributed by atoms with Crippen molar-refractivity contribution in [3.63, 3.8) is 0 Å². The van der Waals surface area contributed by atoms with E-state index in [1.165, 1.54) is 22.5 Å². The van der Waals surface area contributed by atoms with Gasteiger partial charge in [0.15, 0.2) is 18.2 Å². The van der Waals surface area contributed by atoms with Crippen LogP contribution in [0.1, 0.15) is 12.8 Å². The smallest absolute Gasteiger partial charge is 0.262 e. The second-order valence-corrected chi connectivity index (χ2v) is 7.99. The van der Waals surface area contributed by atoms with E-state index in [0.717, 1.165) is 25.0 Å². The Morgan fingerprint density at radius 2 is 1.85 bits per heavy atom. The first-order valence-corrected chi connectivity index (χ1v) is 9.78. The number of ether oxygens (including phenoxy) is 1. The molecule has 1 N–H and O–H groups in total. The van der Waals surface area contributed by atoms with Crippen molar-refractivity contribution in [3.8, 4) is 5.75 Å². The maximum absolute atomic E-state index is 13.5. The highest BCUT2D eigenvalue weighted by atomic mass is 32.2. The van der Waals surface area contributed by atoms with Crippen LogP contribution in [0.3, 0.4) is 0 Å². The number of benzene rings is 2. The minimum atomic E-state index is -3.60. The third-order valence-electron chi connectivity index (χ3n) is 4.07. The topological polar surface area (TPSA) is 75.7 Å². The minimum absolute atomic E-state index is 0.0905. The van der Waals surface area contributed by atoms with Gasteiger partial charge in [-0.05, 0) is 43.2 Å². The summed E-state index contributed by atoms with van der Waals surface area (Å²) in [5, 5.41) is 2.50. The van der Waals surface area contributed by atoms with Gasteiger partial charge in [0.05, 0.1) is 4.90 Å². The highest BCUT2D eigenvalue weighted by Gasteiger charge is 2.27. The summed E-state index contributed by atoms with van der Waals surface area (Å²) in [5.74, 6) is -2.52. The second kappa shape index (κ2) is 8.01. The van der Waals surface area contributed by atoms with E-state index in [-0.39, 0.29) is 16.3 Å². The molecule has 2 aromatic carbocycles. The molecule has 0 aliphatic carbocycles. The summed E-state index contributed by atoms with van der Waals surface area (Å²) in [7, 11) is -3.60. The number of nitrogens with zero attached hydrogens (tertiary/aromatic N) is 1.